The number of hydrogen-bond donors (Lipinski definition) is 5. The van der Waals surface area contributed by atoms with Crippen LogP contribution in [0.5, 0.6) is 5.75 Å². The monoisotopic (exact) mass is 601 g/mol. The number of phenolic OH excluding ortho intramolecular Hbond substituents is 1. The van der Waals surface area contributed by atoms with Gasteiger partial charge in [0.25, 0.3) is 11.8 Å². The van der Waals surface area contributed by atoms with Crippen LogP contribution in [0.25, 0.3) is 11.0 Å². The number of aliphatic hydroxyl groups excluding tert-OH is 1. The molecule has 1 aromatic heterocycles. The van der Waals surface area contributed by atoms with Crippen molar-refractivity contribution >= 4 is 40.5 Å². The zero-order chi connectivity index (χ0) is 30.7. The van der Waals surface area contributed by atoms with Gasteiger partial charge in [-0.15, -0.1) is 11.8 Å². The van der Waals surface area contributed by atoms with Crippen molar-refractivity contribution in [3.8, 4) is 5.75 Å². The molecular weight excluding hydrogens is 566 g/mol. The van der Waals surface area contributed by atoms with Crippen LogP contribution in [-0.2, 0) is 22.6 Å². The van der Waals surface area contributed by atoms with E-state index in [0.717, 1.165) is 16.6 Å². The maximum absolute atomic E-state index is 13.9. The van der Waals surface area contributed by atoms with Crippen LogP contribution in [0.15, 0.2) is 72.8 Å². The van der Waals surface area contributed by atoms with Crippen molar-refractivity contribution in [2.45, 2.75) is 56.7 Å². The number of thioether (sulfide) groups is 1. The molecule has 3 amide bonds. The van der Waals surface area contributed by atoms with E-state index in [1.165, 1.54) is 22.7 Å². The van der Waals surface area contributed by atoms with Crippen LogP contribution < -0.4 is 10.6 Å². The third-order valence-electron chi connectivity index (χ3n) is 7.74. The lowest BCUT2D eigenvalue weighted by Gasteiger charge is -2.33. The predicted octanol–water partition coefficient (Wildman–Crippen LogP) is 3.28. The molecule has 1 aliphatic heterocycles. The maximum atomic E-state index is 13.9. The number of para-hydroxylation sites is 2. The minimum atomic E-state index is -1.64. The van der Waals surface area contributed by atoms with Gasteiger partial charge in [-0.25, -0.2) is 4.98 Å². The van der Waals surface area contributed by atoms with Crippen molar-refractivity contribution in [3.63, 3.8) is 0 Å². The molecule has 4 aromatic rings. The van der Waals surface area contributed by atoms with Gasteiger partial charge in [0, 0.05) is 15.9 Å². The number of H-pyrrole nitrogens is 1. The van der Waals surface area contributed by atoms with Gasteiger partial charge in [-0.3, -0.25) is 14.4 Å². The molecule has 224 valence electrons. The number of nitrogens with one attached hydrogen (secondary N) is 3. The Morgan fingerprint density at radius 2 is 1.79 bits per heavy atom. The highest BCUT2D eigenvalue weighted by molar-refractivity contribution is 8.00. The summed E-state index contributed by atoms with van der Waals surface area (Å²) in [6.45, 7) is 5.54. The summed E-state index contributed by atoms with van der Waals surface area (Å²) >= 11 is 1.44. The van der Waals surface area contributed by atoms with Crippen LogP contribution in [0.2, 0.25) is 0 Å². The highest BCUT2D eigenvalue weighted by Crippen LogP contribution is 2.40. The Balaban J connectivity index is 1.35. The average molecular weight is 602 g/mol. The van der Waals surface area contributed by atoms with E-state index in [9.17, 15) is 24.6 Å². The SMILES string of the molecule is Cc1c(O)cccc1C(=O)N[C@@H](Cc1ccccc1)[C@H](O)C(=O)N1CSC(C)(C)C1C(=O)NCc1nc2ccccc2[nH]1. The lowest BCUT2D eigenvalue weighted by atomic mass is 9.96. The first-order valence-corrected chi connectivity index (χ1v) is 15.0. The summed E-state index contributed by atoms with van der Waals surface area (Å²) in [6, 6.07) is 19.5. The van der Waals surface area contributed by atoms with E-state index >= 15 is 0 Å². The van der Waals surface area contributed by atoms with Gasteiger partial charge in [0.15, 0.2) is 6.10 Å². The second-order valence-electron chi connectivity index (χ2n) is 11.2. The summed E-state index contributed by atoms with van der Waals surface area (Å²) in [6.07, 6.45) is -1.47. The molecule has 43 heavy (non-hydrogen) atoms. The number of aromatic hydroxyl groups is 1. The standard InChI is InChI=1S/C32H35N5O5S/c1-19-21(12-9-15-25(19)38)29(40)36-24(16-20-10-5-4-6-11-20)27(39)31(42)37-18-43-32(2,3)28(37)30(41)33-17-26-34-22-13-7-8-14-23(22)35-26/h4-15,24,27-28,38-39H,16-18H2,1-3H3,(H,33,41)(H,34,35)(H,36,40)/t24-,27-,28?/m0/s1. The van der Waals surface area contributed by atoms with E-state index in [4.69, 9.17) is 0 Å². The molecule has 3 aromatic carbocycles. The summed E-state index contributed by atoms with van der Waals surface area (Å²) in [5.74, 6) is -0.799. The van der Waals surface area contributed by atoms with Gasteiger partial charge >= 0.3 is 0 Å². The fourth-order valence-corrected chi connectivity index (χ4v) is 6.48. The van der Waals surface area contributed by atoms with Gasteiger partial charge in [0.05, 0.1) is 29.5 Å². The Bertz CT molecular complexity index is 1610. The third-order valence-corrected chi connectivity index (χ3v) is 9.12. The van der Waals surface area contributed by atoms with Crippen LogP contribution in [0, 0.1) is 6.92 Å². The first-order valence-electron chi connectivity index (χ1n) is 14.0. The van der Waals surface area contributed by atoms with Crippen molar-refractivity contribution in [2.24, 2.45) is 0 Å². The molecule has 0 bridgehead atoms. The number of carbonyl (C=O) groups is 3. The fourth-order valence-electron chi connectivity index (χ4n) is 5.34. The average Bonchev–Trinajstić information content (AvgIpc) is 3.56. The molecule has 11 heteroatoms. The first-order chi connectivity index (χ1) is 20.5. The molecule has 10 nitrogen and oxygen atoms in total. The van der Waals surface area contributed by atoms with E-state index in [0.29, 0.717) is 11.4 Å². The zero-order valence-electron chi connectivity index (χ0n) is 24.2. The molecular formula is C32H35N5O5S. The normalized spacial score (nSPS) is 17.4. The molecule has 0 aliphatic carbocycles. The largest absolute Gasteiger partial charge is 0.508 e. The molecule has 1 saturated heterocycles. The number of amides is 3. The number of imidazole rings is 1. The Labute approximate surface area is 253 Å². The maximum Gasteiger partial charge on any atom is 0.254 e. The molecule has 5 N–H and O–H groups in total. The Morgan fingerprint density at radius 3 is 2.53 bits per heavy atom. The van der Waals surface area contributed by atoms with Crippen molar-refractivity contribution in [1.29, 1.82) is 0 Å². The van der Waals surface area contributed by atoms with Crippen LogP contribution in [0.1, 0.15) is 41.2 Å². The van der Waals surface area contributed by atoms with Crippen molar-refractivity contribution in [3.05, 3.63) is 95.3 Å². The van der Waals surface area contributed by atoms with Gasteiger partial charge in [-0.2, -0.15) is 0 Å². The van der Waals surface area contributed by atoms with E-state index in [1.54, 1.807) is 19.1 Å². The lowest BCUT2D eigenvalue weighted by Crippen LogP contribution is -2.58. The minimum Gasteiger partial charge on any atom is -0.508 e. The number of fused-ring (bicyclic) bond motifs is 1. The predicted molar refractivity (Wildman–Crippen MR) is 165 cm³/mol. The Morgan fingerprint density at radius 1 is 1.07 bits per heavy atom. The van der Waals surface area contributed by atoms with Gasteiger partial charge < -0.3 is 30.7 Å². The molecule has 1 fully saturated rings. The number of aromatic nitrogens is 2. The lowest BCUT2D eigenvalue weighted by molar-refractivity contribution is -0.147. The van der Waals surface area contributed by atoms with Crippen LogP contribution >= 0.6 is 11.8 Å². The molecule has 1 unspecified atom stereocenters. The van der Waals surface area contributed by atoms with Crippen LogP contribution in [0.4, 0.5) is 0 Å². The smallest absolute Gasteiger partial charge is 0.254 e. The molecule has 0 radical (unpaired) electrons. The molecule has 5 rings (SSSR count). The highest BCUT2D eigenvalue weighted by atomic mass is 32.2. The quantitative estimate of drug-likeness (QED) is 0.198. The molecule has 0 saturated carbocycles. The topological polar surface area (TPSA) is 148 Å². The van der Waals surface area contributed by atoms with Crippen LogP contribution in [0.3, 0.4) is 0 Å². The number of hydrogen-bond acceptors (Lipinski definition) is 7. The summed E-state index contributed by atoms with van der Waals surface area (Å²) in [7, 11) is 0. The number of aromatic amines is 1. The summed E-state index contributed by atoms with van der Waals surface area (Å²) in [5, 5.41) is 27.3. The number of benzene rings is 3. The summed E-state index contributed by atoms with van der Waals surface area (Å²) in [4.78, 5) is 49.8. The van der Waals surface area contributed by atoms with E-state index in [1.807, 2.05) is 68.4 Å². The summed E-state index contributed by atoms with van der Waals surface area (Å²) in [5.41, 5.74) is 3.08. The second kappa shape index (κ2) is 12.5. The number of nitrogens with zero attached hydrogens (tertiary/aromatic N) is 2. The van der Waals surface area contributed by atoms with Crippen molar-refractivity contribution in [2.75, 3.05) is 5.88 Å². The molecule has 2 heterocycles. The van der Waals surface area contributed by atoms with E-state index < -0.39 is 34.7 Å². The van der Waals surface area contributed by atoms with Gasteiger partial charge in [0.2, 0.25) is 5.91 Å². The van der Waals surface area contributed by atoms with Crippen LogP contribution in [-0.4, -0.2) is 71.6 Å². The van der Waals surface area contributed by atoms with E-state index in [2.05, 4.69) is 20.6 Å². The fraction of sp³-hybridized carbons (Fsp3) is 0.312. The third kappa shape index (κ3) is 6.52. The molecule has 0 spiro atoms. The van der Waals surface area contributed by atoms with Crippen molar-refractivity contribution in [1.82, 2.24) is 25.5 Å². The van der Waals surface area contributed by atoms with Gasteiger partial charge in [0.1, 0.15) is 17.6 Å². The van der Waals surface area contributed by atoms with Gasteiger partial charge in [-0.05, 0) is 57.0 Å². The highest BCUT2D eigenvalue weighted by Gasteiger charge is 2.49. The number of rotatable bonds is 9. The number of aliphatic hydroxyl groups is 1. The number of carbonyl (C=O) groups excluding carboxylic acids is 3. The summed E-state index contributed by atoms with van der Waals surface area (Å²) < 4.78 is -0.635. The Hall–Kier alpha value is -4.35. The Kier molecular flexibility index (Phi) is 8.74. The second-order valence-corrected chi connectivity index (χ2v) is 12.8. The minimum absolute atomic E-state index is 0.0308. The van der Waals surface area contributed by atoms with E-state index in [-0.39, 0.29) is 36.1 Å². The molecule has 1 aliphatic rings. The number of phenols is 1. The van der Waals surface area contributed by atoms with Crippen molar-refractivity contribution < 1.29 is 24.6 Å². The first kappa shape index (κ1) is 30.1. The van der Waals surface area contributed by atoms with Gasteiger partial charge in [-0.1, -0.05) is 48.5 Å². The molecule has 3 atom stereocenters. The zero-order valence-corrected chi connectivity index (χ0v) is 25.0.